The molecule has 3 aromatic rings. The normalized spacial score (nSPS) is 12.0. The van der Waals surface area contributed by atoms with Crippen LogP contribution in [0.5, 0.6) is 0 Å². The van der Waals surface area contributed by atoms with E-state index >= 15 is 0 Å². The third-order valence-corrected chi connectivity index (χ3v) is 5.71. The van der Waals surface area contributed by atoms with Crippen LogP contribution in [0.15, 0.2) is 41.3 Å². The number of sulfone groups is 1. The van der Waals surface area contributed by atoms with Crippen molar-refractivity contribution in [3.05, 3.63) is 48.0 Å². The van der Waals surface area contributed by atoms with Crippen molar-refractivity contribution >= 4 is 32.2 Å². The quantitative estimate of drug-likeness (QED) is 0.716. The van der Waals surface area contributed by atoms with Crippen LogP contribution in [0, 0.1) is 17.6 Å². The second-order valence-electron chi connectivity index (χ2n) is 6.21. The maximum absolute atomic E-state index is 13.3. The van der Waals surface area contributed by atoms with Gasteiger partial charge in [0, 0.05) is 17.1 Å². The average Bonchev–Trinajstić information content (AvgIpc) is 2.92. The van der Waals surface area contributed by atoms with Gasteiger partial charge in [0.1, 0.15) is 0 Å². The Hall–Kier alpha value is -2.48. The van der Waals surface area contributed by atoms with Crippen LogP contribution in [0.4, 0.5) is 20.3 Å². The Labute approximate surface area is 144 Å². The van der Waals surface area contributed by atoms with Gasteiger partial charge in [0.05, 0.1) is 16.2 Å². The molecule has 0 saturated carbocycles. The third kappa shape index (κ3) is 3.63. The Morgan fingerprint density at radius 3 is 2.56 bits per heavy atom. The number of benzene rings is 2. The summed E-state index contributed by atoms with van der Waals surface area (Å²) in [6.07, 6.45) is 0. The molecule has 0 aliphatic rings. The van der Waals surface area contributed by atoms with E-state index in [0.717, 1.165) is 12.1 Å². The van der Waals surface area contributed by atoms with E-state index in [1.807, 2.05) is 13.8 Å². The molecule has 1 heterocycles. The van der Waals surface area contributed by atoms with Crippen LogP contribution in [0.1, 0.15) is 13.8 Å². The van der Waals surface area contributed by atoms with Crippen molar-refractivity contribution in [3.63, 3.8) is 0 Å². The van der Waals surface area contributed by atoms with Crippen molar-refractivity contribution < 1.29 is 17.2 Å². The smallest absolute Gasteiger partial charge is 0.178 e. The van der Waals surface area contributed by atoms with Crippen LogP contribution in [-0.4, -0.2) is 24.4 Å². The standard InChI is InChI=1S/C17H17F2N3O2S/c1-10(2)9-25(23,24)12-4-6-16-13(8-12)17(22-21-16)20-11-3-5-14(18)15(19)7-11/h3-8,10H,9H2,1-2H3,(H2,20,21,22). The first-order chi connectivity index (χ1) is 11.8. The van der Waals surface area contributed by atoms with Gasteiger partial charge in [-0.1, -0.05) is 13.8 Å². The predicted molar refractivity (Wildman–Crippen MR) is 92.6 cm³/mol. The molecule has 0 saturated heterocycles. The van der Waals surface area contributed by atoms with Gasteiger partial charge in [-0.15, -0.1) is 0 Å². The van der Waals surface area contributed by atoms with E-state index in [0.29, 0.717) is 22.4 Å². The maximum Gasteiger partial charge on any atom is 0.178 e. The summed E-state index contributed by atoms with van der Waals surface area (Å²) in [6.45, 7) is 3.67. The average molecular weight is 365 g/mol. The largest absolute Gasteiger partial charge is 0.338 e. The minimum absolute atomic E-state index is 0.00447. The molecule has 0 unspecified atom stereocenters. The van der Waals surface area contributed by atoms with Crippen LogP contribution in [0.3, 0.4) is 0 Å². The van der Waals surface area contributed by atoms with Gasteiger partial charge in [0.15, 0.2) is 27.3 Å². The summed E-state index contributed by atoms with van der Waals surface area (Å²) >= 11 is 0. The predicted octanol–water partition coefficient (Wildman–Crippen LogP) is 4.01. The Bertz CT molecular complexity index is 1030. The molecule has 0 fully saturated rings. The first kappa shape index (κ1) is 17.3. The van der Waals surface area contributed by atoms with Gasteiger partial charge in [-0.25, -0.2) is 17.2 Å². The minimum atomic E-state index is -3.41. The molecule has 0 spiro atoms. The van der Waals surface area contributed by atoms with Crippen molar-refractivity contribution in [3.8, 4) is 0 Å². The Morgan fingerprint density at radius 2 is 1.88 bits per heavy atom. The molecule has 0 amide bonds. The van der Waals surface area contributed by atoms with Gasteiger partial charge >= 0.3 is 0 Å². The number of nitrogens with zero attached hydrogens (tertiary/aromatic N) is 1. The minimum Gasteiger partial charge on any atom is -0.338 e. The molecule has 0 aliphatic carbocycles. The fraction of sp³-hybridized carbons (Fsp3) is 0.235. The lowest BCUT2D eigenvalue weighted by Gasteiger charge is -2.08. The number of hydrogen-bond acceptors (Lipinski definition) is 4. The highest BCUT2D eigenvalue weighted by Gasteiger charge is 2.18. The fourth-order valence-corrected chi connectivity index (χ4v) is 4.17. The van der Waals surface area contributed by atoms with Crippen LogP contribution >= 0.6 is 0 Å². The second-order valence-corrected chi connectivity index (χ2v) is 8.24. The molecular weight excluding hydrogens is 348 g/mol. The monoisotopic (exact) mass is 365 g/mol. The van der Waals surface area contributed by atoms with E-state index in [1.165, 1.54) is 18.2 Å². The molecule has 2 N–H and O–H groups in total. The van der Waals surface area contributed by atoms with Crippen LogP contribution in [0.2, 0.25) is 0 Å². The number of H-pyrrole nitrogens is 1. The molecule has 0 radical (unpaired) electrons. The molecule has 1 aromatic heterocycles. The van der Waals surface area contributed by atoms with Gasteiger partial charge in [-0.3, -0.25) is 5.10 Å². The van der Waals surface area contributed by atoms with Crippen LogP contribution in [-0.2, 0) is 9.84 Å². The van der Waals surface area contributed by atoms with Gasteiger partial charge in [0.2, 0.25) is 0 Å². The number of fused-ring (bicyclic) bond motifs is 1. The van der Waals surface area contributed by atoms with E-state index in [4.69, 9.17) is 0 Å². The zero-order valence-corrected chi connectivity index (χ0v) is 14.5. The van der Waals surface area contributed by atoms with Crippen molar-refractivity contribution in [1.82, 2.24) is 10.2 Å². The number of hydrogen-bond donors (Lipinski definition) is 2. The first-order valence-electron chi connectivity index (χ1n) is 7.69. The summed E-state index contributed by atoms with van der Waals surface area (Å²) in [6, 6.07) is 8.07. The summed E-state index contributed by atoms with van der Waals surface area (Å²) in [5.74, 6) is -1.54. The van der Waals surface area contributed by atoms with Crippen LogP contribution < -0.4 is 5.32 Å². The summed E-state index contributed by atoms with van der Waals surface area (Å²) in [7, 11) is -3.41. The van der Waals surface area contributed by atoms with Crippen molar-refractivity contribution in [2.24, 2.45) is 5.92 Å². The number of aromatic amines is 1. The number of anilines is 2. The summed E-state index contributed by atoms with van der Waals surface area (Å²) < 4.78 is 51.2. The van der Waals surface area contributed by atoms with E-state index in [2.05, 4.69) is 15.5 Å². The van der Waals surface area contributed by atoms with Gasteiger partial charge < -0.3 is 5.32 Å². The lowest BCUT2D eigenvalue weighted by molar-refractivity contribution is 0.509. The van der Waals surface area contributed by atoms with E-state index in [-0.39, 0.29) is 16.6 Å². The Balaban J connectivity index is 1.99. The van der Waals surface area contributed by atoms with Crippen molar-refractivity contribution in [2.45, 2.75) is 18.7 Å². The lowest BCUT2D eigenvalue weighted by atomic mass is 10.2. The highest BCUT2D eigenvalue weighted by molar-refractivity contribution is 7.91. The number of halogens is 2. The van der Waals surface area contributed by atoms with Gasteiger partial charge in [0.25, 0.3) is 0 Å². The summed E-state index contributed by atoms with van der Waals surface area (Å²) in [5, 5.41) is 10.3. The first-order valence-corrected chi connectivity index (χ1v) is 9.34. The lowest BCUT2D eigenvalue weighted by Crippen LogP contribution is -2.11. The summed E-state index contributed by atoms with van der Waals surface area (Å²) in [4.78, 5) is 0.198. The topological polar surface area (TPSA) is 74.8 Å². The molecule has 0 aliphatic heterocycles. The molecule has 0 atom stereocenters. The molecule has 8 heteroatoms. The third-order valence-electron chi connectivity index (χ3n) is 3.63. The number of aromatic nitrogens is 2. The van der Waals surface area contributed by atoms with Crippen molar-refractivity contribution in [2.75, 3.05) is 11.1 Å². The second kappa shape index (κ2) is 6.44. The maximum atomic E-state index is 13.3. The molecule has 25 heavy (non-hydrogen) atoms. The highest BCUT2D eigenvalue weighted by atomic mass is 32.2. The number of rotatable bonds is 5. The zero-order chi connectivity index (χ0) is 18.2. The molecule has 0 bridgehead atoms. The Morgan fingerprint density at radius 1 is 1.12 bits per heavy atom. The van der Waals surface area contributed by atoms with E-state index < -0.39 is 21.5 Å². The Kier molecular flexibility index (Phi) is 4.47. The molecule has 2 aromatic carbocycles. The SMILES string of the molecule is CC(C)CS(=O)(=O)c1ccc2[nH]nc(Nc3ccc(F)c(F)c3)c2c1. The van der Waals surface area contributed by atoms with E-state index in [1.54, 1.807) is 6.07 Å². The fourth-order valence-electron chi connectivity index (χ4n) is 2.53. The van der Waals surface area contributed by atoms with Gasteiger partial charge in [-0.05, 0) is 36.2 Å². The van der Waals surface area contributed by atoms with Crippen LogP contribution in [0.25, 0.3) is 10.9 Å². The molecule has 132 valence electrons. The zero-order valence-electron chi connectivity index (χ0n) is 13.7. The van der Waals surface area contributed by atoms with Crippen molar-refractivity contribution in [1.29, 1.82) is 0 Å². The summed E-state index contributed by atoms with van der Waals surface area (Å²) in [5.41, 5.74) is 0.941. The molecule has 5 nitrogen and oxygen atoms in total. The molecular formula is C17H17F2N3O2S. The van der Waals surface area contributed by atoms with E-state index in [9.17, 15) is 17.2 Å². The number of nitrogens with one attached hydrogen (secondary N) is 2. The highest BCUT2D eigenvalue weighted by Crippen LogP contribution is 2.27. The molecule has 3 rings (SSSR count). The van der Waals surface area contributed by atoms with Gasteiger partial charge in [-0.2, -0.15) is 5.10 Å².